The molecule has 3 aromatic rings. The summed E-state index contributed by atoms with van der Waals surface area (Å²) in [4.78, 5) is 12.9. The molecule has 0 bridgehead atoms. The predicted octanol–water partition coefficient (Wildman–Crippen LogP) is 5.48. The largest absolute Gasteiger partial charge is 0.322 e. The minimum absolute atomic E-state index is 0.0767. The van der Waals surface area contributed by atoms with E-state index in [1.165, 1.54) is 6.07 Å². The molecule has 0 aliphatic carbocycles. The fourth-order valence-electron chi connectivity index (χ4n) is 3.17. The average molecular weight is 423 g/mol. The molecule has 0 spiro atoms. The average Bonchev–Trinajstić information content (AvgIpc) is 2.70. The van der Waals surface area contributed by atoms with Crippen molar-refractivity contribution in [3.8, 4) is 0 Å². The molecular formula is C24H26N2O3S. The molecule has 0 fully saturated rings. The number of amides is 1. The number of sulfonamides is 1. The van der Waals surface area contributed by atoms with E-state index in [1.54, 1.807) is 31.2 Å². The first-order chi connectivity index (χ1) is 14.2. The van der Waals surface area contributed by atoms with Crippen LogP contribution in [0, 0.1) is 13.8 Å². The van der Waals surface area contributed by atoms with Crippen molar-refractivity contribution >= 4 is 27.3 Å². The number of para-hydroxylation sites is 1. The fraction of sp³-hybridized carbons (Fsp3) is 0.208. The van der Waals surface area contributed by atoms with Gasteiger partial charge in [0, 0.05) is 16.9 Å². The summed E-state index contributed by atoms with van der Waals surface area (Å²) in [5.41, 5.74) is 4.10. The van der Waals surface area contributed by atoms with Crippen LogP contribution in [0.25, 0.3) is 0 Å². The number of carbonyl (C=O) groups excluding carboxylic acids is 1. The highest BCUT2D eigenvalue weighted by atomic mass is 32.2. The van der Waals surface area contributed by atoms with E-state index in [4.69, 9.17) is 0 Å². The Morgan fingerprint density at radius 3 is 2.23 bits per heavy atom. The number of benzene rings is 3. The summed E-state index contributed by atoms with van der Waals surface area (Å²) in [5.74, 6) is -0.107. The topological polar surface area (TPSA) is 75.3 Å². The Morgan fingerprint density at radius 2 is 1.57 bits per heavy atom. The molecule has 5 nitrogen and oxygen atoms in total. The Morgan fingerprint density at radius 1 is 0.900 bits per heavy atom. The Hall–Kier alpha value is -3.12. The van der Waals surface area contributed by atoms with Gasteiger partial charge in [0.15, 0.2) is 0 Å². The summed E-state index contributed by atoms with van der Waals surface area (Å²) in [6.07, 6.45) is 0. The quantitative estimate of drug-likeness (QED) is 0.552. The Bertz CT molecular complexity index is 1170. The van der Waals surface area contributed by atoms with E-state index in [-0.39, 0.29) is 22.3 Å². The molecule has 0 atom stereocenters. The van der Waals surface area contributed by atoms with Gasteiger partial charge in [-0.1, -0.05) is 55.8 Å². The standard InChI is InChI=1S/C24H26N2O3S/c1-16(2)21-7-5-6-8-22(21)25-24(27)19-12-11-18(4)23(15-19)30(28,29)26-20-13-9-17(3)10-14-20/h5-16,26H,1-4H3,(H,25,27). The molecule has 0 aliphatic rings. The molecule has 3 aromatic carbocycles. The van der Waals surface area contributed by atoms with Gasteiger partial charge >= 0.3 is 0 Å². The number of nitrogens with one attached hydrogen (secondary N) is 2. The number of rotatable bonds is 6. The summed E-state index contributed by atoms with van der Waals surface area (Å²) in [5, 5.41) is 2.91. The number of carbonyl (C=O) groups is 1. The second-order valence-electron chi connectivity index (χ2n) is 7.65. The highest BCUT2D eigenvalue weighted by Crippen LogP contribution is 2.25. The Balaban J connectivity index is 1.89. The maximum absolute atomic E-state index is 12.9. The highest BCUT2D eigenvalue weighted by Gasteiger charge is 2.20. The minimum Gasteiger partial charge on any atom is -0.322 e. The molecule has 0 aliphatic heterocycles. The van der Waals surface area contributed by atoms with E-state index in [9.17, 15) is 13.2 Å². The third-order valence-electron chi connectivity index (χ3n) is 4.87. The zero-order chi connectivity index (χ0) is 21.9. The van der Waals surface area contributed by atoms with Crippen molar-refractivity contribution in [3.05, 3.63) is 89.0 Å². The molecule has 30 heavy (non-hydrogen) atoms. The van der Waals surface area contributed by atoms with Crippen molar-refractivity contribution in [1.82, 2.24) is 0 Å². The van der Waals surface area contributed by atoms with E-state index in [0.29, 0.717) is 11.3 Å². The highest BCUT2D eigenvalue weighted by molar-refractivity contribution is 7.92. The zero-order valence-electron chi connectivity index (χ0n) is 17.6. The van der Waals surface area contributed by atoms with Crippen molar-refractivity contribution in [2.45, 2.75) is 38.5 Å². The van der Waals surface area contributed by atoms with Gasteiger partial charge in [-0.15, -0.1) is 0 Å². The van der Waals surface area contributed by atoms with E-state index in [2.05, 4.69) is 23.9 Å². The lowest BCUT2D eigenvalue weighted by atomic mass is 10.0. The number of hydrogen-bond acceptors (Lipinski definition) is 3. The number of aryl methyl sites for hydroxylation is 2. The van der Waals surface area contributed by atoms with Crippen LogP contribution in [0.3, 0.4) is 0 Å². The Kier molecular flexibility index (Phi) is 6.27. The second kappa shape index (κ2) is 8.71. The predicted molar refractivity (Wildman–Crippen MR) is 122 cm³/mol. The second-order valence-corrected chi connectivity index (χ2v) is 9.30. The van der Waals surface area contributed by atoms with Gasteiger partial charge in [-0.3, -0.25) is 9.52 Å². The van der Waals surface area contributed by atoms with Gasteiger partial charge in [0.1, 0.15) is 0 Å². The van der Waals surface area contributed by atoms with Crippen LogP contribution in [0.2, 0.25) is 0 Å². The van der Waals surface area contributed by atoms with Crippen molar-refractivity contribution < 1.29 is 13.2 Å². The SMILES string of the molecule is Cc1ccc(NS(=O)(=O)c2cc(C(=O)Nc3ccccc3C(C)C)ccc2C)cc1. The summed E-state index contributed by atoms with van der Waals surface area (Å²) in [6.45, 7) is 7.75. The molecule has 0 aromatic heterocycles. The molecule has 6 heteroatoms. The van der Waals surface area contributed by atoms with Gasteiger partial charge in [0.25, 0.3) is 15.9 Å². The fourth-order valence-corrected chi connectivity index (χ4v) is 4.50. The first kappa shape index (κ1) is 21.6. The summed E-state index contributed by atoms with van der Waals surface area (Å²) < 4.78 is 28.5. The molecule has 0 saturated carbocycles. The van der Waals surface area contributed by atoms with Crippen LogP contribution in [0.5, 0.6) is 0 Å². The van der Waals surface area contributed by atoms with Crippen LogP contribution in [0.15, 0.2) is 71.6 Å². The van der Waals surface area contributed by atoms with E-state index < -0.39 is 10.0 Å². The monoisotopic (exact) mass is 422 g/mol. The number of anilines is 2. The van der Waals surface area contributed by atoms with Crippen LogP contribution >= 0.6 is 0 Å². The molecule has 0 heterocycles. The van der Waals surface area contributed by atoms with Crippen molar-refractivity contribution in [1.29, 1.82) is 0 Å². The molecule has 0 saturated heterocycles. The van der Waals surface area contributed by atoms with Gasteiger partial charge < -0.3 is 5.32 Å². The zero-order valence-corrected chi connectivity index (χ0v) is 18.4. The third-order valence-corrected chi connectivity index (χ3v) is 6.40. The van der Waals surface area contributed by atoms with Gasteiger partial charge in [-0.25, -0.2) is 8.42 Å². The molecule has 0 unspecified atom stereocenters. The van der Waals surface area contributed by atoms with Crippen LogP contribution in [0.4, 0.5) is 11.4 Å². The molecular weight excluding hydrogens is 396 g/mol. The van der Waals surface area contributed by atoms with E-state index in [0.717, 1.165) is 16.8 Å². The first-order valence-corrected chi connectivity index (χ1v) is 11.3. The van der Waals surface area contributed by atoms with Gasteiger partial charge in [0.05, 0.1) is 4.90 Å². The van der Waals surface area contributed by atoms with Gasteiger partial charge in [0.2, 0.25) is 0 Å². The Labute approximate surface area is 178 Å². The lowest BCUT2D eigenvalue weighted by Crippen LogP contribution is -2.17. The van der Waals surface area contributed by atoms with Crippen LogP contribution in [0.1, 0.15) is 46.8 Å². The van der Waals surface area contributed by atoms with Crippen LogP contribution in [-0.4, -0.2) is 14.3 Å². The smallest absolute Gasteiger partial charge is 0.262 e. The summed E-state index contributed by atoms with van der Waals surface area (Å²) in [6, 6.07) is 19.4. The van der Waals surface area contributed by atoms with Crippen molar-refractivity contribution in [2.75, 3.05) is 10.0 Å². The molecule has 1 amide bonds. The van der Waals surface area contributed by atoms with E-state index in [1.807, 2.05) is 43.3 Å². The van der Waals surface area contributed by atoms with Crippen molar-refractivity contribution in [3.63, 3.8) is 0 Å². The maximum Gasteiger partial charge on any atom is 0.262 e. The normalized spacial score (nSPS) is 11.4. The van der Waals surface area contributed by atoms with Crippen LogP contribution < -0.4 is 10.0 Å². The van der Waals surface area contributed by atoms with Gasteiger partial charge in [-0.2, -0.15) is 0 Å². The molecule has 0 radical (unpaired) electrons. The maximum atomic E-state index is 12.9. The van der Waals surface area contributed by atoms with Crippen LogP contribution in [-0.2, 0) is 10.0 Å². The molecule has 156 valence electrons. The molecule has 3 rings (SSSR count). The summed E-state index contributed by atoms with van der Waals surface area (Å²) in [7, 11) is -3.84. The van der Waals surface area contributed by atoms with E-state index >= 15 is 0 Å². The molecule has 2 N–H and O–H groups in total. The first-order valence-electron chi connectivity index (χ1n) is 9.78. The van der Waals surface area contributed by atoms with Crippen molar-refractivity contribution in [2.24, 2.45) is 0 Å². The minimum atomic E-state index is -3.84. The van der Waals surface area contributed by atoms with Gasteiger partial charge in [-0.05, 0) is 61.2 Å². The number of hydrogen-bond donors (Lipinski definition) is 2. The summed E-state index contributed by atoms with van der Waals surface area (Å²) >= 11 is 0. The lowest BCUT2D eigenvalue weighted by molar-refractivity contribution is 0.102. The third kappa shape index (κ3) is 4.89. The lowest BCUT2D eigenvalue weighted by Gasteiger charge is -2.15.